The standard InChI is InChI=1S/C18H34O2.C15H35N2O4.CH4O4S/c1-2-3-4-5-6-7-8-9-10-11-12-13-14-15-16-17-18(19)20;1-12(18)8-16(9-13(2)19)6-7-17(5,10-14(3)20)11-15(4)21;1-5-6(2,3)4/h9-10H,2-8,11-17H2,1H3,(H,19,20);12-15,18-21H,6-11H2,1-5H3;1H3,(H,2,3,4)/q;+1;/p-1/b10-9-;;. The lowest BCUT2D eigenvalue weighted by molar-refractivity contribution is -0.914. The van der Waals surface area contributed by atoms with Crippen molar-refractivity contribution in [3.63, 3.8) is 0 Å². The van der Waals surface area contributed by atoms with Crippen molar-refractivity contribution in [3.05, 3.63) is 12.2 Å². The van der Waals surface area contributed by atoms with Crippen molar-refractivity contribution in [1.82, 2.24) is 4.90 Å². The van der Waals surface area contributed by atoms with Gasteiger partial charge < -0.3 is 34.8 Å². The number of carbonyl (C=O) groups excluding carboxylic acids is 1. The number of aliphatic carboxylic acids is 1. The smallest absolute Gasteiger partial charge is 0.397 e. The minimum Gasteiger partial charge on any atom is -0.550 e. The number of aliphatic hydroxyl groups excluding tert-OH is 4. The van der Waals surface area contributed by atoms with Crippen LogP contribution in [0.5, 0.6) is 0 Å². The van der Waals surface area contributed by atoms with E-state index in [1.807, 2.05) is 11.9 Å². The fraction of sp³-hybridized carbons (Fsp3) is 0.912. The summed E-state index contributed by atoms with van der Waals surface area (Å²) in [6, 6.07) is 0. The average Bonchev–Trinajstić information content (AvgIpc) is 2.92. The molecule has 4 atom stereocenters. The fourth-order valence-corrected chi connectivity index (χ4v) is 5.26. The van der Waals surface area contributed by atoms with Gasteiger partial charge in [0.25, 0.3) is 0 Å². The van der Waals surface area contributed by atoms with Crippen molar-refractivity contribution < 1.29 is 52.0 Å². The first kappa shape index (κ1) is 50.2. The zero-order valence-corrected chi connectivity index (χ0v) is 31.5. The summed E-state index contributed by atoms with van der Waals surface area (Å²) in [5.41, 5.74) is 0. The van der Waals surface area contributed by atoms with Gasteiger partial charge in [-0.05, 0) is 66.2 Å². The van der Waals surface area contributed by atoms with E-state index in [0.29, 0.717) is 37.2 Å². The molecule has 0 aliphatic heterocycles. The molecule has 0 bridgehead atoms. The molecule has 0 radical (unpaired) electrons. The minimum absolute atomic E-state index is 0.220. The second-order valence-corrected chi connectivity index (χ2v) is 14.4. The molecule has 0 fully saturated rings. The Balaban J connectivity index is -0.000000702. The van der Waals surface area contributed by atoms with Crippen LogP contribution in [0.4, 0.5) is 0 Å². The van der Waals surface area contributed by atoms with Crippen molar-refractivity contribution >= 4 is 16.4 Å². The maximum atomic E-state index is 10.2. The average molecular weight is 701 g/mol. The van der Waals surface area contributed by atoms with Crippen molar-refractivity contribution in [1.29, 1.82) is 0 Å². The predicted octanol–water partition coefficient (Wildman–Crippen LogP) is 3.47. The topological polar surface area (TPSA) is 188 Å². The van der Waals surface area contributed by atoms with Crippen LogP contribution in [0.1, 0.15) is 125 Å². The molecule has 0 aromatic rings. The second kappa shape index (κ2) is 32.1. The van der Waals surface area contributed by atoms with E-state index in [1.165, 1.54) is 64.2 Å². The molecule has 5 N–H and O–H groups in total. The van der Waals surface area contributed by atoms with Crippen LogP contribution in [0.25, 0.3) is 0 Å². The first-order chi connectivity index (χ1) is 21.9. The first-order valence-corrected chi connectivity index (χ1v) is 18.9. The van der Waals surface area contributed by atoms with Gasteiger partial charge in [0.1, 0.15) is 25.3 Å². The van der Waals surface area contributed by atoms with Gasteiger partial charge in [-0.2, -0.15) is 8.42 Å². The highest BCUT2D eigenvalue weighted by atomic mass is 32.3. The predicted molar refractivity (Wildman–Crippen MR) is 187 cm³/mol. The lowest BCUT2D eigenvalue weighted by Gasteiger charge is -2.38. The number of unbranched alkanes of at least 4 members (excludes halogenated alkanes) is 11. The van der Waals surface area contributed by atoms with E-state index < -0.39 is 40.8 Å². The number of hydrogen-bond donors (Lipinski definition) is 5. The molecule has 0 amide bonds. The zero-order chi connectivity index (χ0) is 36.7. The van der Waals surface area contributed by atoms with Gasteiger partial charge in [0, 0.05) is 25.6 Å². The van der Waals surface area contributed by atoms with E-state index in [2.05, 4.69) is 23.3 Å². The van der Waals surface area contributed by atoms with Crippen molar-refractivity contribution in [3.8, 4) is 0 Å². The maximum absolute atomic E-state index is 10.2. The Hall–Kier alpha value is -1.16. The molecule has 0 rings (SSSR count). The molecule has 4 unspecified atom stereocenters. The van der Waals surface area contributed by atoms with E-state index in [-0.39, 0.29) is 6.42 Å². The number of quaternary nitrogens is 1. The Morgan fingerprint density at radius 3 is 1.49 bits per heavy atom. The van der Waals surface area contributed by atoms with Gasteiger partial charge >= 0.3 is 10.4 Å². The molecule has 12 nitrogen and oxygen atoms in total. The largest absolute Gasteiger partial charge is 0.550 e. The fourth-order valence-electron chi connectivity index (χ4n) is 5.26. The van der Waals surface area contributed by atoms with Crippen LogP contribution in [-0.4, -0.2) is 127 Å². The third-order valence-electron chi connectivity index (χ3n) is 7.26. The lowest BCUT2D eigenvalue weighted by Crippen LogP contribution is -2.55. The molecule has 0 aromatic heterocycles. The molecular weight excluding hydrogens is 628 g/mol. The monoisotopic (exact) mass is 700 g/mol. The third kappa shape index (κ3) is 44.8. The number of likely N-dealkylation sites (N-methyl/N-ethyl adjacent to an activating group) is 1. The molecule has 0 aromatic carbocycles. The SMILES string of the molecule is CC(O)CN(CC[N+](C)(CC(C)O)CC(C)O)CC(C)O.CCCCCCCC/C=C\CCCCCCCC(=O)[O-].COS(=O)(=O)O. The third-order valence-corrected chi connectivity index (χ3v) is 7.69. The van der Waals surface area contributed by atoms with Gasteiger partial charge in [-0.3, -0.25) is 13.6 Å². The van der Waals surface area contributed by atoms with Gasteiger partial charge in [0.2, 0.25) is 0 Å². The van der Waals surface area contributed by atoms with Crippen molar-refractivity contribution in [2.45, 2.75) is 149 Å². The van der Waals surface area contributed by atoms with E-state index >= 15 is 0 Å². The summed E-state index contributed by atoms with van der Waals surface area (Å²) < 4.78 is 30.3. The number of hydrogen-bond acceptors (Lipinski definition) is 10. The normalized spacial score (nSPS) is 15.6. The Bertz CT molecular complexity index is 817. The number of carbonyl (C=O) groups is 1. The zero-order valence-electron chi connectivity index (χ0n) is 30.7. The Morgan fingerprint density at radius 1 is 0.766 bits per heavy atom. The quantitative estimate of drug-likeness (QED) is 0.0366. The molecule has 0 aliphatic carbocycles. The Labute approximate surface area is 287 Å². The van der Waals surface area contributed by atoms with Gasteiger partial charge in [0.15, 0.2) is 0 Å². The highest BCUT2D eigenvalue weighted by Gasteiger charge is 2.27. The summed E-state index contributed by atoms with van der Waals surface area (Å²) in [6.45, 7) is 12.8. The molecule has 0 saturated heterocycles. The number of rotatable bonds is 27. The molecule has 0 heterocycles. The number of nitrogens with zero attached hydrogens (tertiary/aromatic N) is 2. The molecular formula is C34H72N2O10S. The van der Waals surface area contributed by atoms with E-state index in [9.17, 15) is 38.7 Å². The van der Waals surface area contributed by atoms with Crippen LogP contribution in [0, 0.1) is 0 Å². The van der Waals surface area contributed by atoms with Crippen molar-refractivity contribution in [2.75, 3.05) is 53.4 Å². The molecule has 0 aliphatic rings. The maximum Gasteiger partial charge on any atom is 0.397 e. The Kier molecular flexibility index (Phi) is 34.3. The highest BCUT2D eigenvalue weighted by molar-refractivity contribution is 7.80. The lowest BCUT2D eigenvalue weighted by atomic mass is 10.1. The first-order valence-electron chi connectivity index (χ1n) is 17.5. The Morgan fingerprint density at radius 2 is 1.15 bits per heavy atom. The number of carboxylic acid groups (broad SMARTS) is 1. The highest BCUT2D eigenvalue weighted by Crippen LogP contribution is 2.10. The second-order valence-electron chi connectivity index (χ2n) is 13.2. The summed E-state index contributed by atoms with van der Waals surface area (Å²) >= 11 is 0. The molecule has 0 saturated carbocycles. The molecule has 284 valence electrons. The van der Waals surface area contributed by atoms with Crippen LogP contribution < -0.4 is 5.11 Å². The van der Waals surface area contributed by atoms with Gasteiger partial charge in [-0.15, -0.1) is 0 Å². The minimum atomic E-state index is -4.16. The summed E-state index contributed by atoms with van der Waals surface area (Å²) in [7, 11) is -1.28. The summed E-state index contributed by atoms with van der Waals surface area (Å²) in [4.78, 5) is 12.2. The van der Waals surface area contributed by atoms with E-state index in [0.717, 1.165) is 32.9 Å². The van der Waals surface area contributed by atoms with Crippen molar-refractivity contribution in [2.24, 2.45) is 0 Å². The molecule has 13 heteroatoms. The van der Waals surface area contributed by atoms with E-state index in [1.54, 1.807) is 27.7 Å². The summed E-state index contributed by atoms with van der Waals surface area (Å²) in [5.74, 6) is -0.914. The van der Waals surface area contributed by atoms with Gasteiger partial charge in [-0.1, -0.05) is 70.4 Å². The number of aliphatic hydroxyl groups is 4. The summed E-state index contributed by atoms with van der Waals surface area (Å²) in [6.07, 6.45) is 19.1. The summed E-state index contributed by atoms with van der Waals surface area (Å²) in [5, 5.41) is 48.6. The number of allylic oxidation sites excluding steroid dienone is 2. The molecule has 0 spiro atoms. The van der Waals surface area contributed by atoms with Crippen LogP contribution in [0.2, 0.25) is 0 Å². The van der Waals surface area contributed by atoms with Crippen LogP contribution in [0.3, 0.4) is 0 Å². The van der Waals surface area contributed by atoms with Gasteiger partial charge in [0.05, 0.1) is 32.9 Å². The van der Waals surface area contributed by atoms with Gasteiger partial charge in [-0.25, -0.2) is 0 Å². The molecule has 47 heavy (non-hydrogen) atoms. The van der Waals surface area contributed by atoms with Crippen LogP contribution >= 0.6 is 0 Å². The van der Waals surface area contributed by atoms with Crippen LogP contribution in [-0.2, 0) is 19.4 Å². The number of carboxylic acids is 1. The van der Waals surface area contributed by atoms with Crippen LogP contribution in [0.15, 0.2) is 12.2 Å². The van der Waals surface area contributed by atoms with E-state index in [4.69, 9.17) is 4.55 Å².